The standard InChI is InChI=1S/C13H19N3O3S/c1-3-18-10-6-5-9(7-11(10)19-4-2)8-12(17)16(15)13(14)20/h5-7H,3-4,8,15H2,1-2H3,(H2,14,20). The number of hydrogen-bond acceptors (Lipinski definition) is 5. The number of thiocarbonyl (C=S) groups is 1. The number of amides is 1. The highest BCUT2D eigenvalue weighted by molar-refractivity contribution is 7.80. The minimum atomic E-state index is -0.385. The Hall–Kier alpha value is -1.86. The Bertz CT molecular complexity index is 494. The molecule has 0 unspecified atom stereocenters. The van der Waals surface area contributed by atoms with Gasteiger partial charge in [0.25, 0.3) is 0 Å². The molecule has 0 spiro atoms. The lowest BCUT2D eigenvalue weighted by Gasteiger charge is -2.15. The monoisotopic (exact) mass is 297 g/mol. The summed E-state index contributed by atoms with van der Waals surface area (Å²) < 4.78 is 10.9. The maximum Gasteiger partial charge on any atom is 0.247 e. The molecule has 0 aliphatic carbocycles. The minimum Gasteiger partial charge on any atom is -0.490 e. The van der Waals surface area contributed by atoms with E-state index in [1.54, 1.807) is 18.2 Å². The molecule has 20 heavy (non-hydrogen) atoms. The van der Waals surface area contributed by atoms with Crippen LogP contribution in [0.15, 0.2) is 18.2 Å². The third kappa shape index (κ3) is 4.36. The van der Waals surface area contributed by atoms with Crippen LogP contribution in [0.5, 0.6) is 11.5 Å². The normalized spacial score (nSPS) is 9.95. The summed E-state index contributed by atoms with van der Waals surface area (Å²) in [5.41, 5.74) is 6.04. The van der Waals surface area contributed by atoms with Gasteiger partial charge in [-0.3, -0.25) is 4.79 Å². The van der Waals surface area contributed by atoms with E-state index in [1.807, 2.05) is 13.8 Å². The van der Waals surface area contributed by atoms with Gasteiger partial charge in [0.2, 0.25) is 5.91 Å². The summed E-state index contributed by atoms with van der Waals surface area (Å²) in [4.78, 5) is 11.8. The van der Waals surface area contributed by atoms with Crippen LogP contribution in [0.25, 0.3) is 0 Å². The Morgan fingerprint density at radius 3 is 2.40 bits per heavy atom. The van der Waals surface area contributed by atoms with Crippen LogP contribution in [-0.2, 0) is 11.2 Å². The summed E-state index contributed by atoms with van der Waals surface area (Å²) in [6, 6.07) is 5.29. The van der Waals surface area contributed by atoms with Gasteiger partial charge in [0, 0.05) is 0 Å². The first-order valence-electron chi connectivity index (χ1n) is 6.25. The zero-order chi connectivity index (χ0) is 15.1. The predicted molar refractivity (Wildman–Crippen MR) is 80.3 cm³/mol. The van der Waals surface area contributed by atoms with Crippen LogP contribution < -0.4 is 21.1 Å². The Balaban J connectivity index is 2.88. The number of carbonyl (C=O) groups excluding carboxylic acids is 1. The number of benzene rings is 1. The van der Waals surface area contributed by atoms with Crippen molar-refractivity contribution in [1.82, 2.24) is 5.01 Å². The molecule has 1 rings (SSSR count). The third-order valence-corrected chi connectivity index (χ3v) is 2.67. The molecule has 6 nitrogen and oxygen atoms in total. The molecule has 0 aromatic heterocycles. The number of nitrogens with zero attached hydrogens (tertiary/aromatic N) is 1. The molecule has 0 atom stereocenters. The number of hydrogen-bond donors (Lipinski definition) is 2. The largest absolute Gasteiger partial charge is 0.490 e. The van der Waals surface area contributed by atoms with Crippen molar-refractivity contribution in [3.63, 3.8) is 0 Å². The van der Waals surface area contributed by atoms with E-state index in [4.69, 9.17) is 21.1 Å². The molecule has 110 valence electrons. The molecule has 0 bridgehead atoms. The number of carbonyl (C=O) groups is 1. The second kappa shape index (κ2) is 7.66. The molecular formula is C13H19N3O3S. The molecular weight excluding hydrogens is 278 g/mol. The number of hydrazine groups is 1. The van der Waals surface area contributed by atoms with Crippen LogP contribution >= 0.6 is 12.2 Å². The topological polar surface area (TPSA) is 90.8 Å². The third-order valence-electron chi connectivity index (χ3n) is 2.47. The minimum absolute atomic E-state index is 0.0837. The van der Waals surface area contributed by atoms with E-state index < -0.39 is 0 Å². The Kier molecular flexibility index (Phi) is 6.20. The summed E-state index contributed by atoms with van der Waals surface area (Å²) in [6.45, 7) is 4.81. The fourth-order valence-corrected chi connectivity index (χ4v) is 1.69. The zero-order valence-corrected chi connectivity index (χ0v) is 12.4. The smallest absolute Gasteiger partial charge is 0.247 e. The summed E-state index contributed by atoms with van der Waals surface area (Å²) in [5.74, 6) is 6.30. The fourth-order valence-electron chi connectivity index (χ4n) is 1.59. The highest BCUT2D eigenvalue weighted by Crippen LogP contribution is 2.28. The molecule has 0 fully saturated rings. The average molecular weight is 297 g/mol. The lowest BCUT2D eigenvalue weighted by atomic mass is 10.1. The molecule has 1 aromatic rings. The highest BCUT2D eigenvalue weighted by atomic mass is 32.1. The van der Waals surface area contributed by atoms with Crippen LogP contribution in [-0.4, -0.2) is 29.2 Å². The van der Waals surface area contributed by atoms with E-state index in [0.717, 1.165) is 10.6 Å². The van der Waals surface area contributed by atoms with Crippen molar-refractivity contribution in [2.75, 3.05) is 13.2 Å². The van der Waals surface area contributed by atoms with Gasteiger partial charge in [-0.05, 0) is 43.8 Å². The van der Waals surface area contributed by atoms with Gasteiger partial charge in [-0.15, -0.1) is 0 Å². The quantitative estimate of drug-likeness (QED) is 0.352. The molecule has 0 aliphatic rings. The molecule has 1 amide bonds. The van der Waals surface area contributed by atoms with Crippen molar-refractivity contribution in [3.8, 4) is 11.5 Å². The average Bonchev–Trinajstić information content (AvgIpc) is 2.41. The molecule has 7 heteroatoms. The van der Waals surface area contributed by atoms with E-state index in [9.17, 15) is 4.79 Å². The molecule has 1 aromatic carbocycles. The molecule has 0 saturated carbocycles. The van der Waals surface area contributed by atoms with E-state index in [0.29, 0.717) is 24.7 Å². The van der Waals surface area contributed by atoms with E-state index in [-0.39, 0.29) is 17.4 Å². The van der Waals surface area contributed by atoms with Crippen LogP contribution in [0.1, 0.15) is 19.4 Å². The van der Waals surface area contributed by atoms with Crippen molar-refractivity contribution in [2.45, 2.75) is 20.3 Å². The summed E-state index contributed by atoms with van der Waals surface area (Å²) in [5, 5.41) is 0.595. The van der Waals surface area contributed by atoms with Crippen molar-refractivity contribution in [3.05, 3.63) is 23.8 Å². The second-order valence-corrected chi connectivity index (χ2v) is 4.34. The van der Waals surface area contributed by atoms with Gasteiger partial charge in [-0.25, -0.2) is 10.9 Å². The lowest BCUT2D eigenvalue weighted by molar-refractivity contribution is -0.126. The zero-order valence-electron chi connectivity index (χ0n) is 11.6. The summed E-state index contributed by atoms with van der Waals surface area (Å²) >= 11 is 4.65. The molecule has 4 N–H and O–H groups in total. The molecule has 0 aliphatic heterocycles. The maximum atomic E-state index is 11.8. The number of nitrogens with two attached hydrogens (primary N) is 2. The summed E-state index contributed by atoms with van der Waals surface area (Å²) in [7, 11) is 0. The van der Waals surface area contributed by atoms with Gasteiger partial charge in [0.15, 0.2) is 16.6 Å². The number of ether oxygens (including phenoxy) is 2. The molecule has 0 heterocycles. The Morgan fingerprint density at radius 1 is 1.25 bits per heavy atom. The maximum absolute atomic E-state index is 11.8. The first-order valence-corrected chi connectivity index (χ1v) is 6.66. The van der Waals surface area contributed by atoms with E-state index >= 15 is 0 Å². The predicted octanol–water partition coefficient (Wildman–Crippen LogP) is 0.972. The van der Waals surface area contributed by atoms with Gasteiger partial charge in [-0.1, -0.05) is 6.07 Å². The second-order valence-electron chi connectivity index (χ2n) is 3.93. The highest BCUT2D eigenvalue weighted by Gasteiger charge is 2.14. The van der Waals surface area contributed by atoms with Crippen LogP contribution in [0.4, 0.5) is 0 Å². The summed E-state index contributed by atoms with van der Waals surface area (Å²) in [6.07, 6.45) is 0.0837. The molecule has 0 radical (unpaired) electrons. The van der Waals surface area contributed by atoms with Crippen LogP contribution in [0.3, 0.4) is 0 Å². The fraction of sp³-hybridized carbons (Fsp3) is 0.385. The van der Waals surface area contributed by atoms with Crippen LogP contribution in [0.2, 0.25) is 0 Å². The van der Waals surface area contributed by atoms with Gasteiger partial charge in [0.1, 0.15) is 0 Å². The van der Waals surface area contributed by atoms with Gasteiger partial charge >= 0.3 is 0 Å². The van der Waals surface area contributed by atoms with Crippen LogP contribution in [0, 0.1) is 0 Å². The lowest BCUT2D eigenvalue weighted by Crippen LogP contribution is -2.46. The Labute approximate surface area is 123 Å². The molecule has 0 saturated heterocycles. The van der Waals surface area contributed by atoms with E-state index in [1.165, 1.54) is 0 Å². The van der Waals surface area contributed by atoms with Crippen molar-refractivity contribution >= 4 is 23.2 Å². The van der Waals surface area contributed by atoms with Crippen molar-refractivity contribution in [2.24, 2.45) is 11.6 Å². The Morgan fingerprint density at radius 2 is 1.85 bits per heavy atom. The first kappa shape index (κ1) is 16.2. The van der Waals surface area contributed by atoms with Crippen molar-refractivity contribution < 1.29 is 14.3 Å². The van der Waals surface area contributed by atoms with E-state index in [2.05, 4.69) is 12.2 Å². The SMILES string of the molecule is CCOc1ccc(CC(=O)N(N)C(N)=S)cc1OCC. The van der Waals surface area contributed by atoms with Gasteiger partial charge in [-0.2, -0.15) is 0 Å². The first-order chi connectivity index (χ1) is 9.49. The van der Waals surface area contributed by atoms with Gasteiger partial charge in [0.05, 0.1) is 19.6 Å². The van der Waals surface area contributed by atoms with Gasteiger partial charge < -0.3 is 15.2 Å². The number of rotatable bonds is 6. The van der Waals surface area contributed by atoms with Crippen molar-refractivity contribution in [1.29, 1.82) is 0 Å².